The predicted octanol–water partition coefficient (Wildman–Crippen LogP) is 2.55. The van der Waals surface area contributed by atoms with Crippen LogP contribution in [-0.4, -0.2) is 67.1 Å². The lowest BCUT2D eigenvalue weighted by Crippen LogP contribution is -2.49. The standard InChI is InChI=1S/C17H24F2N2O3/c1-12-15(5-8-24-12)16(22)20-6-3-13(4-7-20)21-11-17(18,19)9-14(21)10-23-2/h5,8,13-14H,3-4,6-7,9-11H2,1-2H3/t14-/m0/s1. The lowest BCUT2D eigenvalue weighted by molar-refractivity contribution is 0.00284. The van der Waals surface area contributed by atoms with Gasteiger partial charge in [-0.25, -0.2) is 8.78 Å². The maximum absolute atomic E-state index is 13.8. The predicted molar refractivity (Wildman–Crippen MR) is 84.3 cm³/mol. The first kappa shape index (κ1) is 17.4. The van der Waals surface area contributed by atoms with Crippen molar-refractivity contribution in [1.29, 1.82) is 0 Å². The second kappa shape index (κ2) is 6.80. The van der Waals surface area contributed by atoms with Gasteiger partial charge in [0.15, 0.2) is 0 Å². The molecule has 1 amide bonds. The number of methoxy groups -OCH3 is 1. The molecule has 0 bridgehead atoms. The number of rotatable bonds is 4. The van der Waals surface area contributed by atoms with E-state index in [1.165, 1.54) is 6.26 Å². The number of piperidine rings is 1. The van der Waals surface area contributed by atoms with Crippen LogP contribution < -0.4 is 0 Å². The van der Waals surface area contributed by atoms with Gasteiger partial charge in [0.1, 0.15) is 5.76 Å². The Bertz CT molecular complexity index is 582. The molecule has 134 valence electrons. The van der Waals surface area contributed by atoms with E-state index in [4.69, 9.17) is 9.15 Å². The molecule has 24 heavy (non-hydrogen) atoms. The van der Waals surface area contributed by atoms with Crippen molar-refractivity contribution in [2.24, 2.45) is 0 Å². The molecule has 1 atom stereocenters. The number of aryl methyl sites for hydroxylation is 1. The lowest BCUT2D eigenvalue weighted by atomic mass is 10.0. The van der Waals surface area contributed by atoms with Gasteiger partial charge in [0.25, 0.3) is 11.8 Å². The number of halogens is 2. The molecule has 3 rings (SSSR count). The summed E-state index contributed by atoms with van der Waals surface area (Å²) in [6, 6.07) is 1.51. The molecule has 0 spiro atoms. The van der Waals surface area contributed by atoms with Crippen LogP contribution >= 0.6 is 0 Å². The highest BCUT2D eigenvalue weighted by molar-refractivity contribution is 5.95. The van der Waals surface area contributed by atoms with E-state index >= 15 is 0 Å². The summed E-state index contributed by atoms with van der Waals surface area (Å²) in [4.78, 5) is 16.2. The van der Waals surface area contributed by atoms with Crippen LogP contribution in [0.1, 0.15) is 35.4 Å². The maximum atomic E-state index is 13.8. The fourth-order valence-electron chi connectivity index (χ4n) is 3.87. The molecule has 2 saturated heterocycles. The molecule has 0 unspecified atom stereocenters. The fraction of sp³-hybridized carbons (Fsp3) is 0.706. The number of nitrogens with zero attached hydrogens (tertiary/aromatic N) is 2. The topological polar surface area (TPSA) is 45.9 Å². The first-order valence-corrected chi connectivity index (χ1v) is 8.37. The zero-order valence-corrected chi connectivity index (χ0v) is 14.1. The summed E-state index contributed by atoms with van der Waals surface area (Å²) < 4.78 is 37.9. The summed E-state index contributed by atoms with van der Waals surface area (Å²) in [7, 11) is 1.54. The Hall–Kier alpha value is -1.47. The van der Waals surface area contributed by atoms with E-state index in [-0.39, 0.29) is 31.0 Å². The van der Waals surface area contributed by atoms with Crippen molar-refractivity contribution < 1.29 is 22.7 Å². The number of hydrogen-bond acceptors (Lipinski definition) is 4. The van der Waals surface area contributed by atoms with Crippen LogP contribution in [0.4, 0.5) is 8.78 Å². The number of likely N-dealkylation sites (tertiary alicyclic amines) is 2. The van der Waals surface area contributed by atoms with E-state index in [2.05, 4.69) is 0 Å². The second-order valence-corrected chi connectivity index (χ2v) is 6.76. The molecular formula is C17H24F2N2O3. The van der Waals surface area contributed by atoms with Gasteiger partial charge in [-0.15, -0.1) is 0 Å². The molecule has 0 aromatic carbocycles. The Morgan fingerprint density at radius 3 is 2.71 bits per heavy atom. The van der Waals surface area contributed by atoms with Crippen LogP contribution in [0.25, 0.3) is 0 Å². The number of alkyl halides is 2. The van der Waals surface area contributed by atoms with E-state index < -0.39 is 5.92 Å². The Morgan fingerprint density at radius 1 is 1.42 bits per heavy atom. The molecule has 5 nitrogen and oxygen atoms in total. The first-order chi connectivity index (χ1) is 11.4. The number of carbonyl (C=O) groups excluding carboxylic acids is 1. The zero-order chi connectivity index (χ0) is 17.3. The average molecular weight is 342 g/mol. The number of ether oxygens (including phenoxy) is 1. The second-order valence-electron chi connectivity index (χ2n) is 6.76. The van der Waals surface area contributed by atoms with Gasteiger partial charge >= 0.3 is 0 Å². The molecule has 3 heterocycles. The van der Waals surface area contributed by atoms with Gasteiger partial charge < -0.3 is 14.1 Å². The highest BCUT2D eigenvalue weighted by Gasteiger charge is 2.47. The van der Waals surface area contributed by atoms with Gasteiger partial charge in [0.05, 0.1) is 25.0 Å². The van der Waals surface area contributed by atoms with E-state index in [1.54, 1.807) is 25.0 Å². The summed E-state index contributed by atoms with van der Waals surface area (Å²) in [5.74, 6) is -2.08. The molecule has 0 saturated carbocycles. The summed E-state index contributed by atoms with van der Waals surface area (Å²) in [6.07, 6.45) is 2.78. The van der Waals surface area contributed by atoms with Gasteiger partial charge in [-0.2, -0.15) is 0 Å². The zero-order valence-electron chi connectivity index (χ0n) is 14.1. The van der Waals surface area contributed by atoms with Crippen LogP contribution in [0.3, 0.4) is 0 Å². The quantitative estimate of drug-likeness (QED) is 0.844. The van der Waals surface area contributed by atoms with Gasteiger partial charge in [-0.1, -0.05) is 0 Å². The minimum Gasteiger partial charge on any atom is -0.469 e. The molecule has 1 aromatic heterocycles. The number of carbonyl (C=O) groups is 1. The molecule has 0 radical (unpaired) electrons. The fourth-order valence-corrected chi connectivity index (χ4v) is 3.87. The summed E-state index contributed by atoms with van der Waals surface area (Å²) in [6.45, 7) is 3.04. The van der Waals surface area contributed by atoms with Gasteiger partial charge in [0, 0.05) is 38.7 Å². The van der Waals surface area contributed by atoms with Crippen molar-refractivity contribution in [2.75, 3.05) is 33.4 Å². The Balaban J connectivity index is 1.60. The van der Waals surface area contributed by atoms with Gasteiger partial charge in [0.2, 0.25) is 0 Å². The highest BCUT2D eigenvalue weighted by atomic mass is 19.3. The van der Waals surface area contributed by atoms with Gasteiger partial charge in [-0.3, -0.25) is 9.69 Å². The van der Waals surface area contributed by atoms with Crippen LogP contribution in [0.2, 0.25) is 0 Å². The van der Waals surface area contributed by atoms with E-state index in [1.807, 2.05) is 4.90 Å². The normalized spacial score (nSPS) is 25.3. The van der Waals surface area contributed by atoms with Crippen molar-refractivity contribution in [3.05, 3.63) is 23.7 Å². The van der Waals surface area contributed by atoms with E-state index in [0.29, 0.717) is 43.9 Å². The molecule has 2 aliphatic rings. The van der Waals surface area contributed by atoms with Crippen molar-refractivity contribution in [1.82, 2.24) is 9.80 Å². The van der Waals surface area contributed by atoms with Crippen molar-refractivity contribution in [3.8, 4) is 0 Å². The lowest BCUT2D eigenvalue weighted by Gasteiger charge is -2.39. The van der Waals surface area contributed by atoms with Crippen LogP contribution in [0, 0.1) is 6.92 Å². The summed E-state index contributed by atoms with van der Waals surface area (Å²) >= 11 is 0. The Kier molecular flexibility index (Phi) is 4.92. The highest BCUT2D eigenvalue weighted by Crippen LogP contribution is 2.35. The monoisotopic (exact) mass is 342 g/mol. The van der Waals surface area contributed by atoms with Gasteiger partial charge in [-0.05, 0) is 25.8 Å². The van der Waals surface area contributed by atoms with E-state index in [0.717, 1.165) is 0 Å². The third-order valence-electron chi connectivity index (χ3n) is 5.09. The Labute approximate surface area is 140 Å². The number of hydrogen-bond donors (Lipinski definition) is 0. The maximum Gasteiger partial charge on any atom is 0.262 e. The minimum absolute atomic E-state index is 0.0418. The summed E-state index contributed by atoms with van der Waals surface area (Å²) in [5, 5.41) is 0. The third-order valence-corrected chi connectivity index (χ3v) is 5.09. The van der Waals surface area contributed by atoms with Crippen LogP contribution in [0.5, 0.6) is 0 Å². The molecule has 1 aromatic rings. The smallest absolute Gasteiger partial charge is 0.262 e. The molecule has 0 aliphatic carbocycles. The Morgan fingerprint density at radius 2 is 2.12 bits per heavy atom. The van der Waals surface area contributed by atoms with Crippen molar-refractivity contribution in [2.45, 2.75) is 44.2 Å². The first-order valence-electron chi connectivity index (χ1n) is 8.37. The number of furan rings is 1. The van der Waals surface area contributed by atoms with Crippen LogP contribution in [-0.2, 0) is 4.74 Å². The SMILES string of the molecule is COC[C@@H]1CC(F)(F)CN1C1CCN(C(=O)c2ccoc2C)CC1. The number of amides is 1. The molecule has 2 fully saturated rings. The van der Waals surface area contributed by atoms with Crippen molar-refractivity contribution >= 4 is 5.91 Å². The molecule has 7 heteroatoms. The average Bonchev–Trinajstić information content (AvgIpc) is 3.10. The van der Waals surface area contributed by atoms with E-state index in [9.17, 15) is 13.6 Å². The van der Waals surface area contributed by atoms with Crippen molar-refractivity contribution in [3.63, 3.8) is 0 Å². The summed E-state index contributed by atoms with van der Waals surface area (Å²) in [5.41, 5.74) is 0.582. The van der Waals surface area contributed by atoms with Crippen LogP contribution in [0.15, 0.2) is 16.7 Å². The largest absolute Gasteiger partial charge is 0.469 e. The third kappa shape index (κ3) is 3.47. The minimum atomic E-state index is -2.65. The molecule has 0 N–H and O–H groups in total. The molecular weight excluding hydrogens is 318 g/mol. The molecule has 2 aliphatic heterocycles.